The third-order valence-corrected chi connectivity index (χ3v) is 1.06. The number of nitro benzene ring substituents is 1. The van der Waals surface area contributed by atoms with Crippen molar-refractivity contribution >= 4 is 11.5 Å². The fourth-order valence-corrected chi connectivity index (χ4v) is 0.574. The SMILES string of the molecule is CC(C)=O.O=[N+]([O-])c1ccc(O)cc1. The Hall–Kier alpha value is -1.91. The molecule has 14 heavy (non-hydrogen) atoms. The van der Waals surface area contributed by atoms with E-state index in [2.05, 4.69) is 0 Å². The molecular weight excluding hydrogens is 186 g/mol. The zero-order chi connectivity index (χ0) is 11.1. The number of hydrogen-bond acceptors (Lipinski definition) is 4. The molecule has 0 aliphatic rings. The van der Waals surface area contributed by atoms with Crippen LogP contribution in [-0.2, 0) is 4.79 Å². The molecule has 76 valence electrons. The van der Waals surface area contributed by atoms with Crippen molar-refractivity contribution in [2.45, 2.75) is 13.8 Å². The molecule has 0 amide bonds. The van der Waals surface area contributed by atoms with Crippen LogP contribution in [0.4, 0.5) is 5.69 Å². The number of ketones is 1. The van der Waals surface area contributed by atoms with Crippen LogP contribution in [-0.4, -0.2) is 15.8 Å². The first-order valence-electron chi connectivity index (χ1n) is 3.84. The summed E-state index contributed by atoms with van der Waals surface area (Å²) < 4.78 is 0. The predicted molar refractivity (Wildman–Crippen MR) is 51.1 cm³/mol. The lowest BCUT2D eigenvalue weighted by atomic mass is 10.3. The summed E-state index contributed by atoms with van der Waals surface area (Å²) in [5.41, 5.74) is -0.0159. The number of hydrogen-bond donors (Lipinski definition) is 1. The number of phenols is 1. The fourth-order valence-electron chi connectivity index (χ4n) is 0.574. The van der Waals surface area contributed by atoms with Gasteiger partial charge in [-0.3, -0.25) is 10.1 Å². The summed E-state index contributed by atoms with van der Waals surface area (Å²) in [6.07, 6.45) is 0. The van der Waals surface area contributed by atoms with Crippen LogP contribution in [0.15, 0.2) is 24.3 Å². The lowest BCUT2D eigenvalue weighted by Crippen LogP contribution is -1.85. The fraction of sp³-hybridized carbons (Fsp3) is 0.222. The first-order chi connectivity index (χ1) is 6.43. The molecule has 0 spiro atoms. The maximum Gasteiger partial charge on any atom is 0.269 e. The Balaban J connectivity index is 0.000000364. The Labute approximate surface area is 81.1 Å². The smallest absolute Gasteiger partial charge is 0.269 e. The summed E-state index contributed by atoms with van der Waals surface area (Å²) in [5.74, 6) is 0.200. The Morgan fingerprint density at radius 2 is 1.64 bits per heavy atom. The van der Waals surface area contributed by atoms with Gasteiger partial charge in [0, 0.05) is 12.1 Å². The van der Waals surface area contributed by atoms with Crippen LogP contribution < -0.4 is 0 Å². The van der Waals surface area contributed by atoms with Crippen molar-refractivity contribution in [3.63, 3.8) is 0 Å². The van der Waals surface area contributed by atoms with Gasteiger partial charge in [0.15, 0.2) is 0 Å². The lowest BCUT2D eigenvalue weighted by molar-refractivity contribution is -0.384. The first-order valence-corrected chi connectivity index (χ1v) is 3.84. The van der Waals surface area contributed by atoms with Gasteiger partial charge in [-0.1, -0.05) is 0 Å². The quantitative estimate of drug-likeness (QED) is 0.550. The van der Waals surface area contributed by atoms with E-state index in [1.165, 1.54) is 38.1 Å². The molecule has 0 aliphatic carbocycles. The Bertz CT molecular complexity index is 314. The number of rotatable bonds is 1. The second-order valence-electron chi connectivity index (χ2n) is 2.68. The molecule has 0 fully saturated rings. The summed E-state index contributed by atoms with van der Waals surface area (Å²) in [5, 5.41) is 18.8. The van der Waals surface area contributed by atoms with Crippen molar-refractivity contribution in [3.8, 4) is 5.75 Å². The van der Waals surface area contributed by atoms with E-state index < -0.39 is 4.92 Å². The number of non-ortho nitro benzene ring substituents is 1. The van der Waals surface area contributed by atoms with E-state index in [0.717, 1.165) is 0 Å². The van der Waals surface area contributed by atoms with Gasteiger partial charge < -0.3 is 9.90 Å². The van der Waals surface area contributed by atoms with Crippen LogP contribution in [0.25, 0.3) is 0 Å². The van der Waals surface area contributed by atoms with Gasteiger partial charge in [-0.05, 0) is 26.0 Å². The first kappa shape index (κ1) is 12.1. The molecule has 5 heteroatoms. The minimum absolute atomic E-state index is 0.0159. The minimum atomic E-state index is -0.514. The number of nitrogens with zero attached hydrogens (tertiary/aromatic N) is 1. The molecule has 0 saturated heterocycles. The van der Waals surface area contributed by atoms with Crippen molar-refractivity contribution in [1.29, 1.82) is 0 Å². The zero-order valence-electron chi connectivity index (χ0n) is 7.93. The molecular formula is C9H11NO4. The second kappa shape index (κ2) is 5.69. The molecule has 1 rings (SSSR count). The van der Waals surface area contributed by atoms with Crippen LogP contribution in [0.2, 0.25) is 0 Å². The van der Waals surface area contributed by atoms with Gasteiger partial charge in [-0.25, -0.2) is 0 Å². The van der Waals surface area contributed by atoms with Crippen molar-refractivity contribution in [1.82, 2.24) is 0 Å². The van der Waals surface area contributed by atoms with Crippen molar-refractivity contribution in [2.75, 3.05) is 0 Å². The van der Waals surface area contributed by atoms with Crippen LogP contribution in [0.3, 0.4) is 0 Å². The molecule has 0 aromatic heterocycles. The van der Waals surface area contributed by atoms with Crippen molar-refractivity contribution in [3.05, 3.63) is 34.4 Å². The summed E-state index contributed by atoms with van der Waals surface area (Å²) in [6, 6.07) is 5.04. The highest BCUT2D eigenvalue weighted by Crippen LogP contribution is 2.14. The van der Waals surface area contributed by atoms with Gasteiger partial charge in [0.25, 0.3) is 5.69 Å². The van der Waals surface area contributed by atoms with E-state index in [0.29, 0.717) is 0 Å². The van der Waals surface area contributed by atoms with E-state index in [9.17, 15) is 14.9 Å². The molecule has 0 aliphatic heterocycles. The topological polar surface area (TPSA) is 80.4 Å². The molecule has 0 atom stereocenters. The largest absolute Gasteiger partial charge is 0.508 e. The molecule has 1 aromatic carbocycles. The van der Waals surface area contributed by atoms with E-state index in [4.69, 9.17) is 5.11 Å². The predicted octanol–water partition coefficient (Wildman–Crippen LogP) is 1.90. The molecule has 0 saturated carbocycles. The van der Waals surface area contributed by atoms with Gasteiger partial charge in [0.05, 0.1) is 4.92 Å². The summed E-state index contributed by atoms with van der Waals surface area (Å²) in [6.45, 7) is 3.06. The second-order valence-corrected chi connectivity index (χ2v) is 2.68. The molecule has 0 unspecified atom stereocenters. The molecule has 5 nitrogen and oxygen atoms in total. The van der Waals surface area contributed by atoms with Gasteiger partial charge >= 0.3 is 0 Å². The van der Waals surface area contributed by atoms with Gasteiger partial charge in [-0.15, -0.1) is 0 Å². The molecule has 0 radical (unpaired) electrons. The lowest BCUT2D eigenvalue weighted by Gasteiger charge is -1.89. The normalized spacial score (nSPS) is 8.43. The van der Waals surface area contributed by atoms with Crippen LogP contribution >= 0.6 is 0 Å². The van der Waals surface area contributed by atoms with Crippen LogP contribution in [0, 0.1) is 10.1 Å². The minimum Gasteiger partial charge on any atom is -0.508 e. The maximum atomic E-state index is 10.0. The monoisotopic (exact) mass is 197 g/mol. The van der Waals surface area contributed by atoms with Crippen molar-refractivity contribution < 1.29 is 14.8 Å². The van der Waals surface area contributed by atoms with Crippen LogP contribution in [0.1, 0.15) is 13.8 Å². The highest BCUT2D eigenvalue weighted by Gasteiger charge is 2.01. The van der Waals surface area contributed by atoms with E-state index in [1.54, 1.807) is 0 Å². The molecule has 0 heterocycles. The third kappa shape index (κ3) is 5.70. The Morgan fingerprint density at radius 3 is 1.93 bits per heavy atom. The zero-order valence-corrected chi connectivity index (χ0v) is 7.93. The molecule has 0 bridgehead atoms. The number of Topliss-reactive ketones (excluding diaryl/α,β-unsaturated/α-hetero) is 1. The number of nitro groups is 1. The maximum absolute atomic E-state index is 10.0. The number of carbonyl (C=O) groups excluding carboxylic acids is 1. The van der Waals surface area contributed by atoms with Gasteiger partial charge in [0.1, 0.15) is 11.5 Å². The number of carbonyl (C=O) groups is 1. The van der Waals surface area contributed by atoms with Crippen LogP contribution in [0.5, 0.6) is 5.75 Å². The average molecular weight is 197 g/mol. The van der Waals surface area contributed by atoms with E-state index in [-0.39, 0.29) is 17.2 Å². The summed E-state index contributed by atoms with van der Waals surface area (Å²) in [7, 11) is 0. The number of benzene rings is 1. The highest BCUT2D eigenvalue weighted by atomic mass is 16.6. The molecule has 1 aromatic rings. The Morgan fingerprint density at radius 1 is 1.29 bits per heavy atom. The van der Waals surface area contributed by atoms with Crippen molar-refractivity contribution in [2.24, 2.45) is 0 Å². The molecule has 1 N–H and O–H groups in total. The number of phenolic OH excluding ortho intramolecular Hbond substituents is 1. The highest BCUT2D eigenvalue weighted by molar-refractivity contribution is 5.72. The van der Waals surface area contributed by atoms with Gasteiger partial charge in [0.2, 0.25) is 0 Å². The van der Waals surface area contributed by atoms with E-state index in [1.807, 2.05) is 0 Å². The third-order valence-electron chi connectivity index (χ3n) is 1.06. The van der Waals surface area contributed by atoms with E-state index >= 15 is 0 Å². The Kier molecular flexibility index (Phi) is 4.91. The summed E-state index contributed by atoms with van der Waals surface area (Å²) in [4.78, 5) is 19.0. The standard InChI is InChI=1S/C6H5NO3.C3H6O/c8-6-3-1-5(2-4-6)7(9)10;1-3(2)4/h1-4,8H;1-2H3. The average Bonchev–Trinajstić information content (AvgIpc) is 2.03. The van der Waals surface area contributed by atoms with Gasteiger partial charge in [-0.2, -0.15) is 0 Å². The number of aromatic hydroxyl groups is 1. The summed E-state index contributed by atoms with van der Waals surface area (Å²) >= 11 is 0.